The molecule has 2 nitrogen and oxygen atoms in total. The van der Waals surface area contributed by atoms with E-state index < -0.39 is 0 Å². The summed E-state index contributed by atoms with van der Waals surface area (Å²) in [6.07, 6.45) is 9.85. The molecule has 0 heterocycles. The standard InChI is InChI=1S/C15H29NO/c1-3-5-6-12(4-2)11-15(17)13-7-9-14(16)10-8-13/h12-14H,3-11,16H2,1-2H3. The minimum Gasteiger partial charge on any atom is -0.328 e. The fourth-order valence-electron chi connectivity index (χ4n) is 2.84. The Kier molecular flexibility index (Phi) is 6.79. The highest BCUT2D eigenvalue weighted by Crippen LogP contribution is 2.27. The van der Waals surface area contributed by atoms with Gasteiger partial charge in [0.2, 0.25) is 0 Å². The highest BCUT2D eigenvalue weighted by molar-refractivity contribution is 5.81. The van der Waals surface area contributed by atoms with Crippen LogP contribution < -0.4 is 5.73 Å². The number of Topliss-reactive ketones (excluding diaryl/α,β-unsaturated/α-hetero) is 1. The average molecular weight is 239 g/mol. The molecule has 1 rings (SSSR count). The van der Waals surface area contributed by atoms with Crippen LogP contribution in [0.25, 0.3) is 0 Å². The molecule has 0 bridgehead atoms. The van der Waals surface area contributed by atoms with Gasteiger partial charge in [-0.1, -0.05) is 39.5 Å². The van der Waals surface area contributed by atoms with Crippen LogP contribution in [0.15, 0.2) is 0 Å². The summed E-state index contributed by atoms with van der Waals surface area (Å²) in [4.78, 5) is 12.2. The quantitative estimate of drug-likeness (QED) is 0.736. The van der Waals surface area contributed by atoms with E-state index in [1.807, 2.05) is 0 Å². The highest BCUT2D eigenvalue weighted by atomic mass is 16.1. The summed E-state index contributed by atoms with van der Waals surface area (Å²) in [6.45, 7) is 4.43. The van der Waals surface area contributed by atoms with Crippen LogP contribution in [0.4, 0.5) is 0 Å². The molecule has 1 aliphatic carbocycles. The van der Waals surface area contributed by atoms with E-state index in [0.29, 0.717) is 23.7 Å². The molecule has 0 saturated heterocycles. The van der Waals surface area contributed by atoms with E-state index in [1.54, 1.807) is 0 Å². The first-order valence-electron chi connectivity index (χ1n) is 7.45. The number of hydrogen-bond donors (Lipinski definition) is 1. The Morgan fingerprint density at radius 3 is 2.41 bits per heavy atom. The first kappa shape index (κ1) is 14.7. The Morgan fingerprint density at radius 2 is 1.88 bits per heavy atom. The summed E-state index contributed by atoms with van der Waals surface area (Å²) in [6, 6.07) is 0.348. The molecule has 0 aromatic carbocycles. The van der Waals surface area contributed by atoms with Gasteiger partial charge in [-0.15, -0.1) is 0 Å². The van der Waals surface area contributed by atoms with Gasteiger partial charge in [0.1, 0.15) is 5.78 Å². The molecule has 1 saturated carbocycles. The number of carbonyl (C=O) groups excluding carboxylic acids is 1. The Hall–Kier alpha value is -0.370. The average Bonchev–Trinajstić information content (AvgIpc) is 2.35. The normalized spacial score (nSPS) is 26.8. The summed E-state index contributed by atoms with van der Waals surface area (Å²) in [5.74, 6) is 1.46. The molecule has 0 spiro atoms. The molecule has 17 heavy (non-hydrogen) atoms. The van der Waals surface area contributed by atoms with E-state index in [2.05, 4.69) is 13.8 Å². The van der Waals surface area contributed by atoms with Crippen LogP contribution in [0.5, 0.6) is 0 Å². The van der Waals surface area contributed by atoms with Crippen molar-refractivity contribution in [3.63, 3.8) is 0 Å². The summed E-state index contributed by atoms with van der Waals surface area (Å²) in [5, 5.41) is 0. The van der Waals surface area contributed by atoms with Crippen molar-refractivity contribution >= 4 is 5.78 Å². The molecule has 100 valence electrons. The second-order valence-electron chi connectivity index (χ2n) is 5.70. The fourth-order valence-corrected chi connectivity index (χ4v) is 2.84. The first-order chi connectivity index (χ1) is 8.17. The largest absolute Gasteiger partial charge is 0.328 e. The van der Waals surface area contributed by atoms with Crippen LogP contribution in [0.2, 0.25) is 0 Å². The molecule has 1 atom stereocenters. The van der Waals surface area contributed by atoms with Crippen LogP contribution in [0.1, 0.15) is 71.6 Å². The number of hydrogen-bond acceptors (Lipinski definition) is 2. The van der Waals surface area contributed by atoms with Crippen LogP contribution in [-0.4, -0.2) is 11.8 Å². The smallest absolute Gasteiger partial charge is 0.136 e. The van der Waals surface area contributed by atoms with Gasteiger partial charge in [0.15, 0.2) is 0 Å². The van der Waals surface area contributed by atoms with Crippen molar-refractivity contribution in [1.82, 2.24) is 0 Å². The molecule has 1 unspecified atom stereocenters. The monoisotopic (exact) mass is 239 g/mol. The highest BCUT2D eigenvalue weighted by Gasteiger charge is 2.25. The van der Waals surface area contributed by atoms with E-state index in [9.17, 15) is 4.79 Å². The van der Waals surface area contributed by atoms with Crippen molar-refractivity contribution in [1.29, 1.82) is 0 Å². The summed E-state index contributed by atoms with van der Waals surface area (Å²) >= 11 is 0. The first-order valence-corrected chi connectivity index (χ1v) is 7.45. The molecule has 2 N–H and O–H groups in total. The van der Waals surface area contributed by atoms with Crippen LogP contribution in [-0.2, 0) is 4.79 Å². The number of rotatable bonds is 7. The van der Waals surface area contributed by atoms with Gasteiger partial charge in [-0.3, -0.25) is 4.79 Å². The van der Waals surface area contributed by atoms with Gasteiger partial charge in [0, 0.05) is 18.4 Å². The maximum absolute atomic E-state index is 12.2. The molecule has 0 aliphatic heterocycles. The number of unbranched alkanes of at least 4 members (excludes halogenated alkanes) is 1. The summed E-state index contributed by atoms with van der Waals surface area (Å²) in [5.41, 5.74) is 5.88. The minimum atomic E-state index is 0.325. The predicted octanol–water partition coefficient (Wildman–Crippen LogP) is 3.68. The zero-order valence-electron chi connectivity index (χ0n) is 11.6. The van der Waals surface area contributed by atoms with Gasteiger partial charge in [0.05, 0.1) is 0 Å². The van der Waals surface area contributed by atoms with Crippen molar-refractivity contribution in [2.75, 3.05) is 0 Å². The van der Waals surface area contributed by atoms with Gasteiger partial charge in [-0.05, 0) is 31.6 Å². The van der Waals surface area contributed by atoms with Crippen LogP contribution in [0, 0.1) is 11.8 Å². The Balaban J connectivity index is 2.31. The molecule has 0 radical (unpaired) electrons. The molecule has 1 fully saturated rings. The van der Waals surface area contributed by atoms with E-state index in [0.717, 1.165) is 38.5 Å². The van der Waals surface area contributed by atoms with Crippen LogP contribution in [0.3, 0.4) is 0 Å². The topological polar surface area (TPSA) is 43.1 Å². The lowest BCUT2D eigenvalue weighted by Gasteiger charge is -2.26. The van der Waals surface area contributed by atoms with Crippen molar-refractivity contribution in [3.05, 3.63) is 0 Å². The minimum absolute atomic E-state index is 0.325. The lowest BCUT2D eigenvalue weighted by atomic mass is 9.80. The Labute approximate surface area is 106 Å². The molecular formula is C15H29NO. The van der Waals surface area contributed by atoms with Crippen LogP contribution >= 0.6 is 0 Å². The molecule has 0 amide bonds. The molecular weight excluding hydrogens is 210 g/mol. The van der Waals surface area contributed by atoms with Gasteiger partial charge >= 0.3 is 0 Å². The predicted molar refractivity (Wildman–Crippen MR) is 72.9 cm³/mol. The van der Waals surface area contributed by atoms with E-state index in [1.165, 1.54) is 19.3 Å². The maximum Gasteiger partial charge on any atom is 0.136 e. The SMILES string of the molecule is CCCCC(CC)CC(=O)C1CCC(N)CC1. The van der Waals surface area contributed by atoms with Crippen molar-refractivity contribution in [2.45, 2.75) is 77.7 Å². The van der Waals surface area contributed by atoms with Gasteiger partial charge in [-0.25, -0.2) is 0 Å². The van der Waals surface area contributed by atoms with Gasteiger partial charge in [-0.2, -0.15) is 0 Å². The van der Waals surface area contributed by atoms with E-state index in [4.69, 9.17) is 5.73 Å². The van der Waals surface area contributed by atoms with Gasteiger partial charge < -0.3 is 5.73 Å². The maximum atomic E-state index is 12.2. The summed E-state index contributed by atoms with van der Waals surface area (Å²) < 4.78 is 0. The van der Waals surface area contributed by atoms with Crippen molar-refractivity contribution in [2.24, 2.45) is 17.6 Å². The Bertz CT molecular complexity index is 219. The zero-order valence-corrected chi connectivity index (χ0v) is 11.6. The fraction of sp³-hybridized carbons (Fsp3) is 0.933. The zero-order chi connectivity index (χ0) is 12.7. The third-order valence-electron chi connectivity index (χ3n) is 4.26. The third-order valence-corrected chi connectivity index (χ3v) is 4.26. The van der Waals surface area contributed by atoms with Crippen molar-refractivity contribution in [3.8, 4) is 0 Å². The number of ketones is 1. The third kappa shape index (κ3) is 5.20. The van der Waals surface area contributed by atoms with E-state index >= 15 is 0 Å². The lowest BCUT2D eigenvalue weighted by molar-refractivity contribution is -0.124. The Morgan fingerprint density at radius 1 is 1.24 bits per heavy atom. The second kappa shape index (κ2) is 7.86. The number of carbonyl (C=O) groups is 1. The molecule has 0 aromatic heterocycles. The molecule has 0 aromatic rings. The molecule has 2 heteroatoms. The lowest BCUT2D eigenvalue weighted by Crippen LogP contribution is -2.30. The van der Waals surface area contributed by atoms with Gasteiger partial charge in [0.25, 0.3) is 0 Å². The van der Waals surface area contributed by atoms with Crippen molar-refractivity contribution < 1.29 is 4.79 Å². The summed E-state index contributed by atoms with van der Waals surface area (Å²) in [7, 11) is 0. The number of nitrogens with two attached hydrogens (primary N) is 1. The second-order valence-corrected chi connectivity index (χ2v) is 5.70. The van der Waals surface area contributed by atoms with E-state index in [-0.39, 0.29) is 0 Å². The molecule has 1 aliphatic rings.